The van der Waals surface area contributed by atoms with Crippen molar-refractivity contribution in [1.29, 1.82) is 0 Å². The summed E-state index contributed by atoms with van der Waals surface area (Å²) in [5, 5.41) is 0. The van der Waals surface area contributed by atoms with Gasteiger partial charge in [-0.25, -0.2) is 0 Å². The van der Waals surface area contributed by atoms with E-state index in [0.29, 0.717) is 0 Å². The zero-order chi connectivity index (χ0) is 17.4. The maximum atomic E-state index is 5.50. The van der Waals surface area contributed by atoms with Crippen LogP contribution in [0.3, 0.4) is 0 Å². The van der Waals surface area contributed by atoms with Crippen LogP contribution in [0.4, 0.5) is 5.69 Å². The summed E-state index contributed by atoms with van der Waals surface area (Å²) in [6.45, 7) is 2.46. The van der Waals surface area contributed by atoms with Crippen LogP contribution in [0.2, 0.25) is 0 Å². The number of hydrogen-bond acceptors (Lipinski definition) is 1. The van der Waals surface area contributed by atoms with Gasteiger partial charge < -0.3 is 4.74 Å². The molecule has 132 valence electrons. The monoisotopic (exact) mass is 400 g/mol. The van der Waals surface area contributed by atoms with E-state index in [1.54, 1.807) is 12.7 Å². The van der Waals surface area contributed by atoms with Crippen LogP contribution < -0.4 is 9.22 Å². The summed E-state index contributed by atoms with van der Waals surface area (Å²) in [5.41, 5.74) is 2.92. The average Bonchev–Trinajstić information content (AvgIpc) is 3.44. The number of piperidine rings is 1. The van der Waals surface area contributed by atoms with Gasteiger partial charge in [-0.2, -0.15) is 0 Å². The molecule has 0 unspecified atom stereocenters. The van der Waals surface area contributed by atoms with Gasteiger partial charge in [-0.1, -0.05) is 30.3 Å². The largest absolute Gasteiger partial charge is 0.495 e. The lowest BCUT2D eigenvalue weighted by molar-refractivity contribution is 0.202. The molecule has 2 atom stereocenters. The van der Waals surface area contributed by atoms with Crippen LogP contribution in [0, 0.1) is 11.8 Å². The third-order valence-electron chi connectivity index (χ3n) is 6.42. The molecule has 0 aromatic heterocycles. The van der Waals surface area contributed by atoms with Crippen molar-refractivity contribution in [2.45, 2.75) is 25.2 Å². The Balaban J connectivity index is 1.41. The number of hydrogen-bond donors (Lipinski definition) is 0. The Labute approximate surface area is 159 Å². The van der Waals surface area contributed by atoms with E-state index in [9.17, 15) is 0 Å². The fourth-order valence-electron chi connectivity index (χ4n) is 4.65. The third-order valence-corrected chi connectivity index (χ3v) is 7.07. The number of rotatable bonds is 4. The van der Waals surface area contributed by atoms with Crippen molar-refractivity contribution in [3.8, 4) is 5.75 Å². The second-order valence-corrected chi connectivity index (χ2v) is 8.77. The predicted octanol–water partition coefficient (Wildman–Crippen LogP) is 5.61. The topological polar surface area (TPSA) is 9.23 Å². The Bertz CT molecular complexity index is 737. The number of likely N-dealkylation sites (tertiary alicyclic amines) is 1. The minimum Gasteiger partial charge on any atom is -0.495 e. The molecular formula is C22H27BrNO+. The lowest BCUT2D eigenvalue weighted by atomic mass is 9.88. The number of nitrogens with zero attached hydrogens (tertiary/aromatic N) is 1. The van der Waals surface area contributed by atoms with Gasteiger partial charge in [0.25, 0.3) is 0 Å². The first kappa shape index (κ1) is 17.1. The SMILES string of the molecule is COc1cc([N+]2(C)CCC([C@@H]3C[C@H]3c3ccccc3)CC2)ccc1Br. The zero-order valence-electron chi connectivity index (χ0n) is 15.1. The highest BCUT2D eigenvalue weighted by molar-refractivity contribution is 9.10. The third kappa shape index (κ3) is 3.37. The van der Waals surface area contributed by atoms with Crippen molar-refractivity contribution in [2.75, 3.05) is 27.2 Å². The van der Waals surface area contributed by atoms with E-state index in [0.717, 1.165) is 32.5 Å². The maximum absolute atomic E-state index is 5.50. The summed E-state index contributed by atoms with van der Waals surface area (Å²) < 4.78 is 7.56. The average molecular weight is 401 g/mol. The van der Waals surface area contributed by atoms with Crippen LogP contribution in [-0.4, -0.2) is 27.2 Å². The molecule has 0 N–H and O–H groups in total. The van der Waals surface area contributed by atoms with Crippen LogP contribution in [0.25, 0.3) is 0 Å². The van der Waals surface area contributed by atoms with Crippen molar-refractivity contribution in [3.63, 3.8) is 0 Å². The minimum absolute atomic E-state index is 0.816. The van der Waals surface area contributed by atoms with E-state index in [4.69, 9.17) is 4.74 Å². The minimum atomic E-state index is 0.816. The van der Waals surface area contributed by atoms with Crippen molar-refractivity contribution >= 4 is 21.6 Å². The van der Waals surface area contributed by atoms with Gasteiger partial charge in [-0.05, 0) is 51.7 Å². The Morgan fingerprint density at radius 3 is 2.44 bits per heavy atom. The summed E-state index contributed by atoms with van der Waals surface area (Å²) in [7, 11) is 4.12. The molecule has 2 aliphatic rings. The first-order valence-electron chi connectivity index (χ1n) is 9.34. The smallest absolute Gasteiger partial charge is 0.138 e. The number of ether oxygens (including phenoxy) is 1. The first-order valence-corrected chi connectivity index (χ1v) is 10.1. The number of methoxy groups -OCH3 is 1. The Morgan fingerprint density at radius 1 is 1.04 bits per heavy atom. The van der Waals surface area contributed by atoms with Gasteiger partial charge in [0.2, 0.25) is 0 Å². The molecule has 1 heterocycles. The molecule has 1 aliphatic heterocycles. The molecule has 0 radical (unpaired) electrons. The molecule has 2 fully saturated rings. The van der Waals surface area contributed by atoms with Crippen LogP contribution in [0.15, 0.2) is 53.0 Å². The first-order chi connectivity index (χ1) is 12.1. The van der Waals surface area contributed by atoms with Gasteiger partial charge >= 0.3 is 0 Å². The van der Waals surface area contributed by atoms with Gasteiger partial charge in [0.05, 0.1) is 31.7 Å². The van der Waals surface area contributed by atoms with Crippen molar-refractivity contribution in [3.05, 3.63) is 58.6 Å². The fourth-order valence-corrected chi connectivity index (χ4v) is 5.06. The van der Waals surface area contributed by atoms with E-state index in [-0.39, 0.29) is 0 Å². The van der Waals surface area contributed by atoms with Crippen molar-refractivity contribution in [2.24, 2.45) is 11.8 Å². The summed E-state index contributed by atoms with van der Waals surface area (Å²) in [6, 6.07) is 17.7. The Hall–Kier alpha value is -1.32. The van der Waals surface area contributed by atoms with Gasteiger partial charge in [-0.3, -0.25) is 4.48 Å². The summed E-state index contributed by atoms with van der Waals surface area (Å²) in [5.74, 6) is 3.56. The highest BCUT2D eigenvalue weighted by Gasteiger charge is 2.46. The highest BCUT2D eigenvalue weighted by atomic mass is 79.9. The normalized spacial score (nSPS) is 31.6. The molecule has 2 aromatic carbocycles. The second-order valence-electron chi connectivity index (χ2n) is 7.92. The predicted molar refractivity (Wildman–Crippen MR) is 108 cm³/mol. The highest BCUT2D eigenvalue weighted by Crippen LogP contribution is 2.54. The molecular weight excluding hydrogens is 374 g/mol. The Kier molecular flexibility index (Phi) is 4.63. The molecule has 4 rings (SSSR count). The van der Waals surface area contributed by atoms with E-state index in [2.05, 4.69) is 71.5 Å². The number of benzene rings is 2. The summed E-state index contributed by atoms with van der Waals surface area (Å²) in [6.07, 6.45) is 4.07. The van der Waals surface area contributed by atoms with E-state index < -0.39 is 0 Å². The lowest BCUT2D eigenvalue weighted by Crippen LogP contribution is -2.51. The Morgan fingerprint density at radius 2 is 1.76 bits per heavy atom. The van der Waals surface area contributed by atoms with Crippen LogP contribution in [0.5, 0.6) is 5.75 Å². The molecule has 0 bridgehead atoms. The zero-order valence-corrected chi connectivity index (χ0v) is 16.7. The van der Waals surface area contributed by atoms with Gasteiger partial charge in [0.1, 0.15) is 11.4 Å². The quantitative estimate of drug-likeness (QED) is 0.606. The maximum Gasteiger partial charge on any atom is 0.138 e. The van der Waals surface area contributed by atoms with Gasteiger partial charge in [-0.15, -0.1) is 0 Å². The molecule has 2 aromatic rings. The van der Waals surface area contributed by atoms with Gasteiger partial charge in [0.15, 0.2) is 0 Å². The van der Waals surface area contributed by atoms with Crippen LogP contribution >= 0.6 is 15.9 Å². The molecule has 1 saturated heterocycles. The van der Waals surface area contributed by atoms with E-state index in [1.165, 1.54) is 38.0 Å². The molecule has 0 spiro atoms. The standard InChI is InChI=1S/C22H27BrNO/c1-24(18-8-9-21(23)22(14-18)25-2)12-10-17(11-13-24)20-15-19(20)16-6-4-3-5-7-16/h3-9,14,17,19-20H,10-13,15H2,1-2H3/q+1/t17?,19-,20-,24?/m0/s1. The van der Waals surface area contributed by atoms with Crippen LogP contribution in [0.1, 0.15) is 30.7 Å². The molecule has 0 amide bonds. The van der Waals surface area contributed by atoms with Crippen molar-refractivity contribution < 1.29 is 4.74 Å². The van der Waals surface area contributed by atoms with Crippen molar-refractivity contribution in [1.82, 2.24) is 4.48 Å². The lowest BCUT2D eigenvalue weighted by Gasteiger charge is -2.40. The summed E-state index contributed by atoms with van der Waals surface area (Å²) in [4.78, 5) is 0. The molecule has 1 aliphatic carbocycles. The second kappa shape index (κ2) is 6.77. The van der Waals surface area contributed by atoms with E-state index >= 15 is 0 Å². The van der Waals surface area contributed by atoms with Crippen LogP contribution in [-0.2, 0) is 0 Å². The molecule has 2 nitrogen and oxygen atoms in total. The molecule has 1 saturated carbocycles. The number of quaternary nitrogens is 1. The number of halogens is 1. The molecule has 3 heteroatoms. The fraction of sp³-hybridized carbons (Fsp3) is 0.455. The van der Waals surface area contributed by atoms with Gasteiger partial charge in [0, 0.05) is 25.0 Å². The molecule has 25 heavy (non-hydrogen) atoms. The summed E-state index contributed by atoms with van der Waals surface area (Å²) >= 11 is 3.57. The van der Waals surface area contributed by atoms with E-state index in [1.807, 2.05) is 0 Å².